The number of ketones is 3. The molecule has 0 aromatic heterocycles. The summed E-state index contributed by atoms with van der Waals surface area (Å²) in [7, 11) is 2.88. The van der Waals surface area contributed by atoms with Crippen LogP contribution in [0.15, 0.2) is 109 Å². The van der Waals surface area contributed by atoms with E-state index in [4.69, 9.17) is 9.47 Å². The van der Waals surface area contributed by atoms with Gasteiger partial charge in [-0.1, -0.05) is 48.6 Å². The van der Waals surface area contributed by atoms with Gasteiger partial charge in [0.25, 0.3) is 0 Å². The van der Waals surface area contributed by atoms with Gasteiger partial charge in [-0.3, -0.25) is 14.4 Å². The Morgan fingerprint density at radius 1 is 0.538 bits per heavy atom. The molecule has 268 valence electrons. The van der Waals surface area contributed by atoms with Crippen molar-refractivity contribution in [1.82, 2.24) is 0 Å². The van der Waals surface area contributed by atoms with Gasteiger partial charge >= 0.3 is 0 Å². The average molecular weight is 705 g/mol. The largest absolute Gasteiger partial charge is 0.508 e. The van der Waals surface area contributed by atoms with Crippen LogP contribution in [0.3, 0.4) is 0 Å². The van der Waals surface area contributed by atoms with Crippen LogP contribution in [0.4, 0.5) is 0 Å². The Balaban J connectivity index is 0.000000280. The van der Waals surface area contributed by atoms with E-state index < -0.39 is 0 Å². The van der Waals surface area contributed by atoms with Gasteiger partial charge in [0.05, 0.1) is 20.6 Å². The number of hydrogen-bond donors (Lipinski definition) is 5. The van der Waals surface area contributed by atoms with Crippen molar-refractivity contribution in [2.75, 3.05) is 14.2 Å². The van der Waals surface area contributed by atoms with Gasteiger partial charge in [-0.05, 0) is 120 Å². The van der Waals surface area contributed by atoms with Crippen LogP contribution in [0.1, 0.15) is 39.8 Å². The van der Waals surface area contributed by atoms with E-state index in [1.165, 1.54) is 50.7 Å². The van der Waals surface area contributed by atoms with E-state index in [2.05, 4.69) is 0 Å². The summed E-state index contributed by atoms with van der Waals surface area (Å²) in [4.78, 5) is 35.7. The Morgan fingerprint density at radius 2 is 0.904 bits per heavy atom. The van der Waals surface area contributed by atoms with Gasteiger partial charge in [0.2, 0.25) is 0 Å². The molecule has 0 saturated heterocycles. The van der Waals surface area contributed by atoms with Gasteiger partial charge in [-0.15, -0.1) is 0 Å². The van der Waals surface area contributed by atoms with Crippen LogP contribution in [0.5, 0.6) is 34.5 Å². The lowest BCUT2D eigenvalue weighted by atomic mass is 10.1. The molecule has 0 aliphatic carbocycles. The summed E-state index contributed by atoms with van der Waals surface area (Å²) >= 11 is 0. The SMILES string of the molecule is COc1cc(/C=C/C(=O)C=C(O)/C=C/c2ccc(O)c(C)c2)ccc1O.COc1cc(/C=C/C(=O)CC(=O)/C=C/c2ccc(O)c(C)c2)ccc1O. The average Bonchev–Trinajstić information content (AvgIpc) is 3.12. The first-order chi connectivity index (χ1) is 24.8. The number of aliphatic hydroxyl groups excluding tert-OH is 1. The third kappa shape index (κ3) is 12.9. The highest BCUT2D eigenvalue weighted by Gasteiger charge is 2.06. The number of allylic oxidation sites excluding steroid dienone is 5. The standard InChI is InChI=1S/2C21H20O5/c2*1-14-11-15(5-9-19(14)24)3-7-17(22)13-18(23)8-4-16-6-10-20(25)21(12-16)26-2/h3-12,24-25H,13H2,1-2H3;3-13,22,24-25H,1-2H3/b7-3+,8-4+;7-3+,8-4+,17-13?. The number of hydrogen-bond acceptors (Lipinski definition) is 10. The highest BCUT2D eigenvalue weighted by Crippen LogP contribution is 2.28. The maximum Gasteiger partial charge on any atom is 0.182 e. The number of carbonyl (C=O) groups excluding carboxylic acids is 3. The Bertz CT molecular complexity index is 2070. The van der Waals surface area contributed by atoms with Crippen molar-refractivity contribution < 1.29 is 49.4 Å². The fraction of sp³-hybridized carbons (Fsp3) is 0.119. The van der Waals surface area contributed by atoms with Crippen LogP contribution >= 0.6 is 0 Å². The maximum atomic E-state index is 11.9. The molecule has 0 atom stereocenters. The van der Waals surface area contributed by atoms with Crippen molar-refractivity contribution in [3.63, 3.8) is 0 Å². The first kappa shape index (κ1) is 39.6. The molecule has 0 aliphatic rings. The van der Waals surface area contributed by atoms with E-state index in [9.17, 15) is 39.9 Å². The van der Waals surface area contributed by atoms with Crippen LogP contribution in [0, 0.1) is 13.8 Å². The van der Waals surface area contributed by atoms with Crippen molar-refractivity contribution in [2.45, 2.75) is 20.3 Å². The van der Waals surface area contributed by atoms with E-state index in [0.29, 0.717) is 28.2 Å². The molecule has 0 heterocycles. The van der Waals surface area contributed by atoms with Gasteiger partial charge in [0.1, 0.15) is 17.3 Å². The first-order valence-electron chi connectivity index (χ1n) is 15.8. The van der Waals surface area contributed by atoms with E-state index in [0.717, 1.165) is 22.8 Å². The third-order valence-corrected chi connectivity index (χ3v) is 7.30. The highest BCUT2D eigenvalue weighted by atomic mass is 16.5. The molecule has 0 aliphatic heterocycles. The number of phenolic OH excluding ortho intramolecular Hbond substituents is 4. The maximum absolute atomic E-state index is 11.9. The molecule has 52 heavy (non-hydrogen) atoms. The summed E-state index contributed by atoms with van der Waals surface area (Å²) in [5, 5.41) is 47.9. The number of rotatable bonds is 13. The summed E-state index contributed by atoms with van der Waals surface area (Å²) in [5.74, 6) is -0.165. The number of aromatic hydroxyl groups is 4. The molecule has 10 heteroatoms. The van der Waals surface area contributed by atoms with E-state index in [1.807, 2.05) is 0 Å². The second-order valence-electron chi connectivity index (χ2n) is 11.4. The molecule has 4 aromatic carbocycles. The smallest absolute Gasteiger partial charge is 0.182 e. The quantitative estimate of drug-likeness (QED) is 0.0400. The Morgan fingerprint density at radius 3 is 1.31 bits per heavy atom. The zero-order chi connectivity index (χ0) is 38.2. The second kappa shape index (κ2) is 19.4. The molecule has 0 unspecified atom stereocenters. The van der Waals surface area contributed by atoms with Crippen LogP contribution in [0.25, 0.3) is 24.3 Å². The summed E-state index contributed by atoms with van der Waals surface area (Å²) in [6.45, 7) is 3.54. The summed E-state index contributed by atoms with van der Waals surface area (Å²) in [6, 6.07) is 19.4. The predicted molar refractivity (Wildman–Crippen MR) is 201 cm³/mol. The minimum Gasteiger partial charge on any atom is -0.508 e. The lowest BCUT2D eigenvalue weighted by Crippen LogP contribution is -2.01. The Hall–Kier alpha value is -6.81. The van der Waals surface area contributed by atoms with Crippen molar-refractivity contribution in [1.29, 1.82) is 0 Å². The summed E-state index contributed by atoms with van der Waals surface area (Å²) in [5.41, 5.74) is 4.35. The Kier molecular flexibility index (Phi) is 14.8. The molecule has 4 aromatic rings. The number of methoxy groups -OCH3 is 2. The minimum atomic E-state index is -0.388. The monoisotopic (exact) mass is 704 g/mol. The fourth-order valence-corrected chi connectivity index (χ4v) is 4.43. The van der Waals surface area contributed by atoms with Crippen LogP contribution in [0.2, 0.25) is 0 Å². The molecule has 10 nitrogen and oxygen atoms in total. The molecule has 0 saturated carbocycles. The van der Waals surface area contributed by atoms with Crippen LogP contribution in [-0.2, 0) is 14.4 Å². The summed E-state index contributed by atoms with van der Waals surface area (Å²) < 4.78 is 10.0. The first-order valence-corrected chi connectivity index (χ1v) is 15.8. The molecule has 0 radical (unpaired) electrons. The van der Waals surface area contributed by atoms with Crippen molar-refractivity contribution >= 4 is 41.7 Å². The Labute approximate surface area is 301 Å². The molecule has 0 bridgehead atoms. The molecule has 5 N–H and O–H groups in total. The molecule has 0 amide bonds. The number of carbonyl (C=O) groups is 3. The lowest BCUT2D eigenvalue weighted by molar-refractivity contribution is -0.122. The molecular weight excluding hydrogens is 664 g/mol. The third-order valence-electron chi connectivity index (χ3n) is 7.30. The van der Waals surface area contributed by atoms with Gasteiger partial charge in [-0.25, -0.2) is 0 Å². The zero-order valence-corrected chi connectivity index (χ0v) is 29.1. The van der Waals surface area contributed by atoms with Crippen LogP contribution < -0.4 is 9.47 Å². The van der Waals surface area contributed by atoms with Crippen molar-refractivity contribution in [3.8, 4) is 34.5 Å². The van der Waals surface area contributed by atoms with Gasteiger partial charge in [-0.2, -0.15) is 0 Å². The van der Waals surface area contributed by atoms with E-state index in [-0.39, 0.29) is 52.5 Å². The predicted octanol–water partition coefficient (Wildman–Crippen LogP) is 7.82. The van der Waals surface area contributed by atoms with Crippen molar-refractivity contribution in [2.24, 2.45) is 0 Å². The topological polar surface area (TPSA) is 171 Å². The minimum absolute atomic E-state index is 0.0146. The number of aryl methyl sites for hydroxylation is 2. The number of phenols is 4. The lowest BCUT2D eigenvalue weighted by Gasteiger charge is -2.03. The molecule has 0 spiro atoms. The van der Waals surface area contributed by atoms with Crippen molar-refractivity contribution in [3.05, 3.63) is 142 Å². The molecule has 4 rings (SSSR count). The number of aliphatic hydroxyl groups is 1. The van der Waals surface area contributed by atoms with Gasteiger partial charge in [0.15, 0.2) is 40.3 Å². The van der Waals surface area contributed by atoms with E-state index in [1.54, 1.807) is 98.8 Å². The second-order valence-corrected chi connectivity index (χ2v) is 11.4. The van der Waals surface area contributed by atoms with Gasteiger partial charge in [0, 0.05) is 6.08 Å². The number of ether oxygens (including phenoxy) is 2. The summed E-state index contributed by atoms with van der Waals surface area (Å²) in [6.07, 6.45) is 12.6. The molecule has 0 fully saturated rings. The van der Waals surface area contributed by atoms with E-state index >= 15 is 0 Å². The van der Waals surface area contributed by atoms with Crippen LogP contribution in [-0.4, -0.2) is 57.1 Å². The normalized spacial score (nSPS) is 11.6. The molecular formula is C42H40O10. The fourth-order valence-electron chi connectivity index (χ4n) is 4.43. The highest BCUT2D eigenvalue weighted by molar-refractivity contribution is 6.11. The van der Waals surface area contributed by atoms with Gasteiger partial charge < -0.3 is 35.0 Å². The zero-order valence-electron chi connectivity index (χ0n) is 29.1. The number of benzene rings is 4.